The van der Waals surface area contributed by atoms with Crippen molar-refractivity contribution in [3.8, 4) is 0 Å². The maximum atomic E-state index is 12.8. The lowest BCUT2D eigenvalue weighted by Crippen LogP contribution is -2.62. The van der Waals surface area contributed by atoms with Crippen molar-refractivity contribution in [2.75, 3.05) is 20.3 Å². The molecular formula is C33H50O13. The Kier molecular flexibility index (Phi) is 12.8. The third-order valence-corrected chi connectivity index (χ3v) is 9.11. The molecule has 260 valence electrons. The van der Waals surface area contributed by atoms with E-state index in [0.29, 0.717) is 19.4 Å². The van der Waals surface area contributed by atoms with Gasteiger partial charge in [-0.1, -0.05) is 26.8 Å². The quantitative estimate of drug-likeness (QED) is 0.174. The van der Waals surface area contributed by atoms with Crippen molar-refractivity contribution in [2.45, 2.75) is 140 Å². The van der Waals surface area contributed by atoms with Gasteiger partial charge >= 0.3 is 17.9 Å². The highest BCUT2D eigenvalue weighted by atomic mass is 16.7. The Hall–Kier alpha value is -2.39. The van der Waals surface area contributed by atoms with Crippen LogP contribution in [-0.4, -0.2) is 108 Å². The number of fused-ring (bicyclic) bond motifs is 6. The van der Waals surface area contributed by atoms with E-state index < -0.39 is 66.4 Å². The summed E-state index contributed by atoms with van der Waals surface area (Å²) in [5.74, 6) is -4.30. The smallest absolute Gasteiger partial charge is 0.330 e. The Balaban J connectivity index is 1.71. The summed E-state index contributed by atoms with van der Waals surface area (Å²) in [6, 6.07) is 0. The number of carbonyl (C=O) groups is 3. The van der Waals surface area contributed by atoms with Gasteiger partial charge in [0.15, 0.2) is 12.4 Å². The van der Waals surface area contributed by atoms with E-state index in [1.807, 2.05) is 0 Å². The third-order valence-electron chi connectivity index (χ3n) is 9.11. The lowest BCUT2D eigenvalue weighted by atomic mass is 9.74. The van der Waals surface area contributed by atoms with E-state index in [2.05, 4.69) is 0 Å². The first-order valence-electron chi connectivity index (χ1n) is 16.3. The fourth-order valence-corrected chi connectivity index (χ4v) is 6.53. The van der Waals surface area contributed by atoms with Crippen LogP contribution in [-0.2, 0) is 47.5 Å². The van der Waals surface area contributed by atoms with Gasteiger partial charge in [-0.25, -0.2) is 4.79 Å². The predicted molar refractivity (Wildman–Crippen MR) is 161 cm³/mol. The zero-order chi connectivity index (χ0) is 33.5. The Morgan fingerprint density at radius 2 is 1.76 bits per heavy atom. The molecule has 6 bridgehead atoms. The second kappa shape index (κ2) is 16.1. The summed E-state index contributed by atoms with van der Waals surface area (Å²) in [4.78, 5) is 37.9. The Bertz CT molecular complexity index is 1120. The number of esters is 3. The molecule has 13 heteroatoms. The molecule has 4 aliphatic heterocycles. The normalized spacial score (nSPS) is 38.3. The second-order valence-corrected chi connectivity index (χ2v) is 13.1. The summed E-state index contributed by atoms with van der Waals surface area (Å²) in [7, 11) is 1.20. The second-order valence-electron chi connectivity index (χ2n) is 13.1. The monoisotopic (exact) mass is 654 g/mol. The summed E-state index contributed by atoms with van der Waals surface area (Å²) in [5, 5.41) is 33.2. The minimum atomic E-state index is -2.24. The molecule has 4 aliphatic rings. The van der Waals surface area contributed by atoms with Crippen molar-refractivity contribution in [3.05, 3.63) is 23.8 Å². The van der Waals surface area contributed by atoms with Gasteiger partial charge in [0, 0.05) is 30.8 Å². The number of hydrogen-bond acceptors (Lipinski definition) is 13. The first kappa shape index (κ1) is 36.4. The Labute approximate surface area is 270 Å². The van der Waals surface area contributed by atoms with Crippen LogP contribution >= 0.6 is 0 Å². The predicted octanol–water partition coefficient (Wildman–Crippen LogP) is 2.38. The van der Waals surface area contributed by atoms with Crippen LogP contribution in [0.2, 0.25) is 0 Å². The first-order chi connectivity index (χ1) is 21.8. The highest BCUT2D eigenvalue weighted by molar-refractivity contribution is 5.83. The van der Waals surface area contributed by atoms with Gasteiger partial charge in [-0.3, -0.25) is 9.59 Å². The Morgan fingerprint density at radius 3 is 2.46 bits per heavy atom. The number of methoxy groups -OCH3 is 1. The molecule has 46 heavy (non-hydrogen) atoms. The van der Waals surface area contributed by atoms with Crippen LogP contribution in [0.3, 0.4) is 0 Å². The molecule has 0 saturated carbocycles. The molecule has 4 heterocycles. The molecule has 3 N–H and O–H groups in total. The summed E-state index contributed by atoms with van der Waals surface area (Å²) >= 11 is 0. The van der Waals surface area contributed by atoms with Crippen molar-refractivity contribution < 1.29 is 62.9 Å². The van der Waals surface area contributed by atoms with E-state index in [9.17, 15) is 29.7 Å². The van der Waals surface area contributed by atoms with Gasteiger partial charge < -0.3 is 48.5 Å². The average Bonchev–Trinajstić information content (AvgIpc) is 3.01. The van der Waals surface area contributed by atoms with Crippen LogP contribution < -0.4 is 0 Å². The van der Waals surface area contributed by atoms with Crippen molar-refractivity contribution >= 4 is 17.9 Å². The van der Waals surface area contributed by atoms with Gasteiger partial charge in [-0.05, 0) is 50.2 Å². The molecule has 3 fully saturated rings. The maximum absolute atomic E-state index is 12.8. The van der Waals surface area contributed by atoms with E-state index in [0.717, 1.165) is 25.3 Å². The number of carbonyl (C=O) groups excluding carboxylic acids is 3. The van der Waals surface area contributed by atoms with Gasteiger partial charge in [-0.15, -0.1) is 0 Å². The van der Waals surface area contributed by atoms with Gasteiger partial charge in [0.1, 0.15) is 6.10 Å². The largest absolute Gasteiger partial charge is 0.466 e. The molecule has 0 aromatic rings. The lowest BCUT2D eigenvalue weighted by Gasteiger charge is -2.51. The highest BCUT2D eigenvalue weighted by Gasteiger charge is 2.57. The van der Waals surface area contributed by atoms with E-state index in [-0.39, 0.29) is 56.0 Å². The zero-order valence-corrected chi connectivity index (χ0v) is 27.3. The number of cyclic esters (lactones) is 1. The Morgan fingerprint density at radius 1 is 1.04 bits per heavy atom. The molecule has 0 spiro atoms. The molecule has 0 radical (unpaired) electrons. The molecule has 1 unspecified atom stereocenters. The van der Waals surface area contributed by atoms with E-state index in [4.69, 9.17) is 33.2 Å². The molecule has 9 atom stereocenters. The summed E-state index contributed by atoms with van der Waals surface area (Å²) in [6.45, 7) is 4.86. The van der Waals surface area contributed by atoms with Crippen molar-refractivity contribution in [1.82, 2.24) is 0 Å². The van der Waals surface area contributed by atoms with Gasteiger partial charge in [-0.2, -0.15) is 0 Å². The number of ether oxygens (including phenoxy) is 7. The van der Waals surface area contributed by atoms with Crippen molar-refractivity contribution in [3.63, 3.8) is 0 Å². The number of aliphatic hydroxyl groups excluding tert-OH is 2. The van der Waals surface area contributed by atoms with E-state index in [1.54, 1.807) is 32.9 Å². The van der Waals surface area contributed by atoms with Crippen LogP contribution in [0.25, 0.3) is 0 Å². The molecule has 3 saturated heterocycles. The summed E-state index contributed by atoms with van der Waals surface area (Å²) in [5.41, 5.74) is -1.05. The van der Waals surface area contributed by atoms with Crippen LogP contribution in [0.15, 0.2) is 23.8 Å². The molecule has 0 aromatic carbocycles. The van der Waals surface area contributed by atoms with Crippen molar-refractivity contribution in [2.24, 2.45) is 5.41 Å². The molecule has 0 aliphatic carbocycles. The molecular weight excluding hydrogens is 604 g/mol. The van der Waals surface area contributed by atoms with Crippen LogP contribution in [0.1, 0.15) is 85.0 Å². The molecule has 0 aromatic heterocycles. The van der Waals surface area contributed by atoms with Crippen LogP contribution in [0, 0.1) is 5.41 Å². The van der Waals surface area contributed by atoms with Crippen LogP contribution in [0.4, 0.5) is 0 Å². The van der Waals surface area contributed by atoms with E-state index in [1.165, 1.54) is 7.11 Å². The van der Waals surface area contributed by atoms with E-state index >= 15 is 0 Å². The van der Waals surface area contributed by atoms with Crippen molar-refractivity contribution in [1.29, 1.82) is 0 Å². The minimum absolute atomic E-state index is 0.00275. The maximum Gasteiger partial charge on any atom is 0.330 e. The topological polar surface area (TPSA) is 177 Å². The third kappa shape index (κ3) is 9.36. The molecule has 13 nitrogen and oxygen atoms in total. The fraction of sp³-hybridized carbons (Fsp3) is 0.788. The number of rotatable bonds is 4. The molecule has 0 amide bonds. The van der Waals surface area contributed by atoms with Gasteiger partial charge in [0.05, 0.1) is 57.3 Å². The number of aliphatic hydroxyl groups is 3. The summed E-state index contributed by atoms with van der Waals surface area (Å²) < 4.78 is 40.8. The SMILES string of the molecule is CCC(=O)O[C@H]1C(=CC(=O)OC)CC2C[C@H](CO)OC(=O)C[C@H](O)C[C@@H]3CCC[C@H](C[C@@H]4CCO[C@H](C=CC(C)(C)[C@]1(O)O2)O4)O3. The fourth-order valence-electron chi connectivity index (χ4n) is 6.53. The van der Waals surface area contributed by atoms with Crippen LogP contribution in [0.5, 0.6) is 0 Å². The summed E-state index contributed by atoms with van der Waals surface area (Å²) in [6.07, 6.45) is 2.73. The standard InChI is InChI=1S/C33H50O13/c1-5-27(36)45-31-20(14-28(37)40-4)13-25-18-26(19-34)43-29(38)16-21(35)15-22-7-6-8-23(42-22)17-24-10-12-41-30(44-24)9-11-32(2,3)33(31,39)46-25/h9,11,14,21-26,30-31,34-35,39H,5-8,10,12-13,15-19H2,1-4H3/t21-,22+,23-,24+,25?,26-,30+,31+,33-/m1/s1. The average molecular weight is 655 g/mol. The highest BCUT2D eigenvalue weighted by Crippen LogP contribution is 2.47. The number of hydrogen-bond donors (Lipinski definition) is 3. The minimum Gasteiger partial charge on any atom is -0.466 e. The zero-order valence-electron chi connectivity index (χ0n) is 27.3. The van der Waals surface area contributed by atoms with Gasteiger partial charge in [0.25, 0.3) is 0 Å². The van der Waals surface area contributed by atoms with Gasteiger partial charge in [0.2, 0.25) is 5.79 Å². The lowest BCUT2D eigenvalue weighted by molar-refractivity contribution is -0.327. The first-order valence-corrected chi connectivity index (χ1v) is 16.3. The molecule has 4 rings (SSSR count).